The zero-order chi connectivity index (χ0) is 19.5. The molecule has 1 fully saturated rings. The topological polar surface area (TPSA) is 70.3 Å². The van der Waals surface area contributed by atoms with Crippen molar-refractivity contribution >= 4 is 44.6 Å². The molecular weight excluding hydrogens is 423 g/mol. The first-order valence-corrected chi connectivity index (χ1v) is 9.79. The number of anilines is 5. The Morgan fingerprint density at radius 2 is 1.61 bits per heavy atom. The first kappa shape index (κ1) is 18.5. The molecule has 4 rings (SSSR count). The van der Waals surface area contributed by atoms with Crippen molar-refractivity contribution in [3.05, 3.63) is 65.1 Å². The van der Waals surface area contributed by atoms with Gasteiger partial charge >= 0.3 is 0 Å². The molecule has 3 N–H and O–H groups in total. The highest BCUT2D eigenvalue weighted by Crippen LogP contribution is 2.32. The van der Waals surface area contributed by atoms with Crippen molar-refractivity contribution in [1.29, 1.82) is 0 Å². The molecule has 0 aliphatic carbocycles. The van der Waals surface area contributed by atoms with Gasteiger partial charge in [-0.1, -0.05) is 24.3 Å². The maximum absolute atomic E-state index is 14.0. The van der Waals surface area contributed by atoms with E-state index in [9.17, 15) is 4.39 Å². The average Bonchev–Trinajstić information content (AvgIpc) is 2.72. The lowest BCUT2D eigenvalue weighted by atomic mass is 10.2. The van der Waals surface area contributed by atoms with Crippen molar-refractivity contribution in [2.24, 2.45) is 0 Å². The Morgan fingerprint density at radius 1 is 0.929 bits per heavy atom. The Morgan fingerprint density at radius 3 is 2.36 bits per heavy atom. The van der Waals surface area contributed by atoms with E-state index in [2.05, 4.69) is 36.1 Å². The third kappa shape index (κ3) is 3.73. The fourth-order valence-electron chi connectivity index (χ4n) is 3.30. The van der Waals surface area contributed by atoms with Crippen molar-refractivity contribution in [1.82, 2.24) is 9.97 Å². The number of halogens is 2. The summed E-state index contributed by atoms with van der Waals surface area (Å²) in [5.74, 6) is 1.06. The molecule has 0 amide bonds. The highest BCUT2D eigenvalue weighted by atomic mass is 79.9. The number of para-hydroxylation sites is 2. The van der Waals surface area contributed by atoms with Crippen LogP contribution >= 0.6 is 15.9 Å². The molecule has 0 spiro atoms. The summed E-state index contributed by atoms with van der Waals surface area (Å²) in [7, 11) is 0. The first-order valence-electron chi connectivity index (χ1n) is 9.00. The predicted octanol–water partition coefficient (Wildman–Crippen LogP) is 4.03. The summed E-state index contributed by atoms with van der Waals surface area (Å²) >= 11 is 3.51. The number of hydrogen-bond donors (Lipinski definition) is 2. The number of aromatic nitrogens is 2. The number of nitrogens with zero attached hydrogens (tertiary/aromatic N) is 4. The zero-order valence-electron chi connectivity index (χ0n) is 15.1. The Hall–Kier alpha value is -2.87. The van der Waals surface area contributed by atoms with Crippen LogP contribution in [0.5, 0.6) is 0 Å². The summed E-state index contributed by atoms with van der Waals surface area (Å²) in [6.45, 7) is 2.78. The third-order valence-corrected chi connectivity index (χ3v) is 5.45. The molecule has 0 unspecified atom stereocenters. The van der Waals surface area contributed by atoms with Crippen molar-refractivity contribution in [3.63, 3.8) is 0 Å². The molecule has 1 aromatic heterocycles. The Kier molecular flexibility index (Phi) is 5.29. The van der Waals surface area contributed by atoms with Gasteiger partial charge in [0.05, 0.1) is 11.4 Å². The molecule has 8 heteroatoms. The van der Waals surface area contributed by atoms with E-state index in [1.165, 1.54) is 12.4 Å². The molecule has 1 aliphatic heterocycles. The van der Waals surface area contributed by atoms with Crippen LogP contribution < -0.4 is 20.9 Å². The van der Waals surface area contributed by atoms with Crippen LogP contribution in [0.2, 0.25) is 0 Å². The Balaban J connectivity index is 1.50. The minimum Gasteiger partial charge on any atom is -0.393 e. The van der Waals surface area contributed by atoms with Gasteiger partial charge in [-0.05, 0) is 40.2 Å². The lowest BCUT2D eigenvalue weighted by molar-refractivity contribution is 0.596. The number of nitrogens with one attached hydrogen (secondary N) is 1. The summed E-state index contributed by atoms with van der Waals surface area (Å²) in [5, 5.41) is 3.25. The molecule has 0 atom stereocenters. The standard InChI is InChI=1S/C20H20BrFN6/c21-14-5-1-3-7-16(14)26-19-18(23)20(25-13-24-19)28-11-9-27(10-12-28)17-8-4-2-6-15(17)22/h1-8,13H,9-12,23H2,(H,24,25,26). The molecule has 0 saturated carbocycles. The van der Waals surface area contributed by atoms with Gasteiger partial charge in [-0.3, -0.25) is 0 Å². The van der Waals surface area contributed by atoms with Gasteiger partial charge in [0.25, 0.3) is 0 Å². The van der Waals surface area contributed by atoms with Gasteiger partial charge in [-0.25, -0.2) is 14.4 Å². The summed E-state index contributed by atoms with van der Waals surface area (Å²) in [6.07, 6.45) is 1.51. The van der Waals surface area contributed by atoms with Gasteiger partial charge < -0.3 is 20.9 Å². The monoisotopic (exact) mass is 442 g/mol. The molecule has 1 aliphatic rings. The molecule has 0 bridgehead atoms. The zero-order valence-corrected chi connectivity index (χ0v) is 16.7. The molecule has 28 heavy (non-hydrogen) atoms. The second-order valence-electron chi connectivity index (χ2n) is 6.49. The molecule has 2 heterocycles. The maximum atomic E-state index is 14.0. The minimum absolute atomic E-state index is 0.197. The van der Waals surface area contributed by atoms with Crippen molar-refractivity contribution in [2.45, 2.75) is 0 Å². The molecule has 1 saturated heterocycles. The number of benzene rings is 2. The van der Waals surface area contributed by atoms with E-state index >= 15 is 0 Å². The summed E-state index contributed by atoms with van der Waals surface area (Å²) in [6, 6.07) is 14.6. The molecule has 0 radical (unpaired) electrons. The third-order valence-electron chi connectivity index (χ3n) is 4.76. The van der Waals surface area contributed by atoms with Crippen LogP contribution in [0.3, 0.4) is 0 Å². The van der Waals surface area contributed by atoms with E-state index in [0.29, 0.717) is 49.2 Å². The van der Waals surface area contributed by atoms with E-state index in [-0.39, 0.29) is 5.82 Å². The van der Waals surface area contributed by atoms with E-state index in [1.54, 1.807) is 6.07 Å². The van der Waals surface area contributed by atoms with E-state index < -0.39 is 0 Å². The number of piperazine rings is 1. The summed E-state index contributed by atoms with van der Waals surface area (Å²) in [4.78, 5) is 12.8. The van der Waals surface area contributed by atoms with Gasteiger partial charge in [-0.2, -0.15) is 0 Å². The van der Waals surface area contributed by atoms with Crippen LogP contribution in [-0.4, -0.2) is 36.1 Å². The summed E-state index contributed by atoms with van der Waals surface area (Å²) in [5.41, 5.74) is 8.37. The number of nitrogens with two attached hydrogens (primary N) is 1. The van der Waals surface area contributed by atoms with Crippen LogP contribution in [0.4, 0.5) is 33.1 Å². The van der Waals surface area contributed by atoms with Gasteiger partial charge in [0.2, 0.25) is 0 Å². The van der Waals surface area contributed by atoms with E-state index in [0.717, 1.165) is 10.2 Å². The number of rotatable bonds is 4. The molecule has 144 valence electrons. The molecular formula is C20H20BrFN6. The highest BCUT2D eigenvalue weighted by molar-refractivity contribution is 9.10. The smallest absolute Gasteiger partial charge is 0.159 e. The summed E-state index contributed by atoms with van der Waals surface area (Å²) < 4.78 is 15.0. The van der Waals surface area contributed by atoms with E-state index in [4.69, 9.17) is 5.73 Å². The lowest BCUT2D eigenvalue weighted by Gasteiger charge is -2.37. The molecule has 2 aromatic carbocycles. The van der Waals surface area contributed by atoms with Crippen molar-refractivity contribution in [3.8, 4) is 0 Å². The molecule has 6 nitrogen and oxygen atoms in total. The van der Waals surface area contributed by atoms with Crippen LogP contribution in [-0.2, 0) is 0 Å². The Labute approximate surface area is 171 Å². The van der Waals surface area contributed by atoms with Gasteiger partial charge in [0.1, 0.15) is 17.8 Å². The van der Waals surface area contributed by atoms with Gasteiger partial charge in [0.15, 0.2) is 11.6 Å². The van der Waals surface area contributed by atoms with Crippen LogP contribution in [0, 0.1) is 5.82 Å². The highest BCUT2D eigenvalue weighted by Gasteiger charge is 2.23. The lowest BCUT2D eigenvalue weighted by Crippen LogP contribution is -2.47. The fraction of sp³-hybridized carbons (Fsp3) is 0.200. The van der Waals surface area contributed by atoms with Gasteiger partial charge in [-0.15, -0.1) is 0 Å². The minimum atomic E-state index is -0.197. The SMILES string of the molecule is Nc1c(Nc2ccccc2Br)ncnc1N1CCN(c2ccccc2F)CC1. The van der Waals surface area contributed by atoms with Gasteiger partial charge in [0, 0.05) is 30.7 Å². The maximum Gasteiger partial charge on any atom is 0.159 e. The first-order chi connectivity index (χ1) is 13.6. The number of hydrogen-bond acceptors (Lipinski definition) is 6. The second kappa shape index (κ2) is 8.02. The average molecular weight is 443 g/mol. The van der Waals surface area contributed by atoms with Crippen LogP contribution in [0.15, 0.2) is 59.3 Å². The van der Waals surface area contributed by atoms with E-state index in [1.807, 2.05) is 41.3 Å². The second-order valence-corrected chi connectivity index (χ2v) is 7.34. The van der Waals surface area contributed by atoms with Crippen molar-refractivity contribution < 1.29 is 4.39 Å². The Bertz CT molecular complexity index is 974. The quantitative estimate of drug-likeness (QED) is 0.635. The number of nitrogen functional groups attached to an aromatic ring is 1. The fourth-order valence-corrected chi connectivity index (χ4v) is 3.68. The van der Waals surface area contributed by atoms with Crippen LogP contribution in [0.1, 0.15) is 0 Å². The molecule has 3 aromatic rings. The normalized spacial score (nSPS) is 14.2. The largest absolute Gasteiger partial charge is 0.393 e. The van der Waals surface area contributed by atoms with Crippen molar-refractivity contribution in [2.75, 3.05) is 47.0 Å². The predicted molar refractivity (Wildman–Crippen MR) is 115 cm³/mol. The van der Waals surface area contributed by atoms with Crippen LogP contribution in [0.25, 0.3) is 0 Å².